The Labute approximate surface area is 384 Å². The molecule has 0 bridgehead atoms. The fourth-order valence-electron chi connectivity index (χ4n) is 11.3. The van der Waals surface area contributed by atoms with Crippen molar-refractivity contribution in [3.8, 4) is 39.8 Å². The average Bonchev–Trinajstić information content (AvgIpc) is 3.97. The summed E-state index contributed by atoms with van der Waals surface area (Å²) < 4.78 is 15.4. The van der Waals surface area contributed by atoms with Crippen LogP contribution in [-0.4, -0.2) is 10.6 Å². The molecule has 9 aromatic carbocycles. The number of anilines is 2. The lowest BCUT2D eigenvalue weighted by Crippen LogP contribution is -2.39. The van der Waals surface area contributed by atoms with Crippen LogP contribution in [0.3, 0.4) is 0 Å². The van der Waals surface area contributed by atoms with Gasteiger partial charge < -0.3 is 18.9 Å². The van der Waals surface area contributed by atoms with E-state index in [-0.39, 0.29) is 11.5 Å². The van der Waals surface area contributed by atoms with Gasteiger partial charge in [-0.25, -0.2) is 0 Å². The predicted molar refractivity (Wildman–Crippen MR) is 269 cm³/mol. The van der Waals surface area contributed by atoms with Crippen molar-refractivity contribution in [3.05, 3.63) is 271 Å². The maximum atomic E-state index is 6.56. The van der Waals surface area contributed by atoms with Gasteiger partial charge in [0, 0.05) is 33.2 Å². The zero-order valence-electron chi connectivity index (χ0n) is 36.4. The second-order valence-electron chi connectivity index (χ2n) is 17.8. The van der Waals surface area contributed by atoms with Crippen LogP contribution in [-0.2, 0) is 10.8 Å². The van der Waals surface area contributed by atoms with Crippen LogP contribution in [0.1, 0.15) is 34.7 Å². The molecule has 0 amide bonds. The highest BCUT2D eigenvalue weighted by atomic mass is 16.5. The smallest absolute Gasteiger partial charge is 0.127 e. The van der Waals surface area contributed by atoms with Gasteiger partial charge in [0.2, 0.25) is 0 Å². The topological polar surface area (TPSA) is 26.6 Å². The van der Waals surface area contributed by atoms with Crippen LogP contribution in [0, 0.1) is 0 Å². The lowest BCUT2D eigenvalue weighted by Gasteiger charge is -2.34. The highest BCUT2D eigenvalue weighted by Gasteiger charge is 2.47. The molecule has 0 spiro atoms. The van der Waals surface area contributed by atoms with Crippen molar-refractivity contribution in [2.24, 2.45) is 0 Å². The van der Waals surface area contributed by atoms with E-state index in [4.69, 9.17) is 9.47 Å². The first kappa shape index (κ1) is 38.1. The number of benzene rings is 9. The van der Waals surface area contributed by atoms with Crippen LogP contribution in [0.25, 0.3) is 38.6 Å². The van der Waals surface area contributed by atoms with Crippen LogP contribution in [0.15, 0.2) is 243 Å². The molecule has 314 valence electrons. The molecule has 2 unspecified atom stereocenters. The van der Waals surface area contributed by atoms with E-state index in [2.05, 4.69) is 259 Å². The fourth-order valence-corrected chi connectivity index (χ4v) is 11.3. The van der Waals surface area contributed by atoms with Crippen LogP contribution in [0.5, 0.6) is 23.0 Å². The molecule has 0 saturated heterocycles. The molecule has 0 saturated carbocycles. The van der Waals surface area contributed by atoms with Crippen LogP contribution in [0.2, 0.25) is 0 Å². The van der Waals surface area contributed by atoms with E-state index >= 15 is 0 Å². The molecule has 2 atom stereocenters. The number of hydrogen-bond acceptors (Lipinski definition) is 3. The van der Waals surface area contributed by atoms with Crippen molar-refractivity contribution in [1.82, 2.24) is 4.57 Å². The van der Waals surface area contributed by atoms with Crippen LogP contribution < -0.4 is 14.4 Å². The number of nitrogens with zero attached hydrogens (tertiary/aromatic N) is 2. The molecule has 0 N–H and O–H groups in total. The molecular weight excluding hydrogens is 805 g/mol. The number of hydrogen-bond donors (Lipinski definition) is 0. The lowest BCUT2D eigenvalue weighted by atomic mass is 9.68. The van der Waals surface area contributed by atoms with Crippen molar-refractivity contribution < 1.29 is 9.47 Å². The molecule has 2 aliphatic carbocycles. The quantitative estimate of drug-likeness (QED) is 0.152. The van der Waals surface area contributed by atoms with E-state index in [1.54, 1.807) is 0 Å². The van der Waals surface area contributed by atoms with E-state index in [0.717, 1.165) is 34.4 Å². The zero-order chi connectivity index (χ0) is 43.8. The van der Waals surface area contributed by atoms with Gasteiger partial charge in [0.15, 0.2) is 0 Å². The van der Waals surface area contributed by atoms with Gasteiger partial charge in [-0.15, -0.1) is 0 Å². The SMILES string of the molecule is CC12C=CC=CC1N(c1ccc(Oc3ccc(C4(c5ccc(Oc6ccc(-n7c8ccccc8c8ccccc87)cc6)cc5)c5ccccc5-c5ccccc54)cc3)cc1)c1ccccc12. The Hall–Kier alpha value is -8.34. The second kappa shape index (κ2) is 14.9. The molecule has 1 aromatic heterocycles. The summed E-state index contributed by atoms with van der Waals surface area (Å²) in [5, 5.41) is 2.49. The molecule has 66 heavy (non-hydrogen) atoms. The third kappa shape index (κ3) is 5.71. The van der Waals surface area contributed by atoms with Crippen molar-refractivity contribution in [2.75, 3.05) is 4.90 Å². The van der Waals surface area contributed by atoms with Crippen molar-refractivity contribution >= 4 is 33.2 Å². The van der Waals surface area contributed by atoms with Gasteiger partial charge in [-0.1, -0.05) is 152 Å². The van der Waals surface area contributed by atoms with Gasteiger partial charge in [-0.05, 0) is 137 Å². The van der Waals surface area contributed by atoms with E-state index in [1.165, 1.54) is 66.4 Å². The molecule has 13 rings (SSSR count). The summed E-state index contributed by atoms with van der Waals surface area (Å²) in [7, 11) is 0. The molecule has 3 aliphatic rings. The number of rotatable bonds is 8. The molecule has 0 fully saturated rings. The van der Waals surface area contributed by atoms with Gasteiger partial charge in [0.25, 0.3) is 0 Å². The minimum absolute atomic E-state index is 0.0839. The van der Waals surface area contributed by atoms with E-state index in [1.807, 2.05) is 0 Å². The van der Waals surface area contributed by atoms with Crippen LogP contribution in [0.4, 0.5) is 11.4 Å². The number of allylic oxidation sites excluding steroid dienone is 2. The highest BCUT2D eigenvalue weighted by molar-refractivity contribution is 6.09. The normalized spacial score (nSPS) is 17.3. The zero-order valence-corrected chi connectivity index (χ0v) is 36.4. The molecule has 2 heterocycles. The Bertz CT molecular complexity index is 3450. The summed E-state index contributed by atoms with van der Waals surface area (Å²) >= 11 is 0. The van der Waals surface area contributed by atoms with Crippen LogP contribution >= 0.6 is 0 Å². The molecule has 1 aliphatic heterocycles. The van der Waals surface area contributed by atoms with E-state index < -0.39 is 5.41 Å². The summed E-state index contributed by atoms with van der Waals surface area (Å²) in [6.45, 7) is 2.34. The molecule has 0 radical (unpaired) electrons. The minimum Gasteiger partial charge on any atom is -0.457 e. The standard InChI is InChI=1S/C62H44N2O2/c1-61-41-13-12-24-60(61)64(59-23-11-8-20-56(59)61)45-31-39-49(40-32-45)66-47-35-27-43(28-36-47)62(54-18-6-2-14-50(54)51-15-3-7-19-55(51)62)42-25-33-46(34-26-42)65-48-37-29-44(30-38-48)63-57-21-9-4-16-52(57)53-17-5-10-22-58(53)63/h2-41,60H,1H3. The summed E-state index contributed by atoms with van der Waals surface area (Å²) in [6, 6.07) is 78.1. The Kier molecular flexibility index (Phi) is 8.59. The number of para-hydroxylation sites is 3. The Morgan fingerprint density at radius 3 is 1.39 bits per heavy atom. The van der Waals surface area contributed by atoms with Gasteiger partial charge in [-0.3, -0.25) is 0 Å². The lowest BCUT2D eigenvalue weighted by molar-refractivity contribution is 0.482. The fraction of sp³-hybridized carbons (Fsp3) is 0.0645. The summed E-state index contributed by atoms with van der Waals surface area (Å²) in [6.07, 6.45) is 8.99. The number of fused-ring (bicyclic) bond motifs is 9. The van der Waals surface area contributed by atoms with Gasteiger partial charge in [0.1, 0.15) is 23.0 Å². The molecule has 4 nitrogen and oxygen atoms in total. The highest BCUT2D eigenvalue weighted by Crippen LogP contribution is 2.57. The molecule has 4 heteroatoms. The van der Waals surface area contributed by atoms with Crippen molar-refractivity contribution in [3.63, 3.8) is 0 Å². The first-order chi connectivity index (χ1) is 32.6. The Morgan fingerprint density at radius 2 is 0.848 bits per heavy atom. The first-order valence-corrected chi connectivity index (χ1v) is 22.8. The molecule has 10 aromatic rings. The minimum atomic E-state index is -0.556. The second-order valence-corrected chi connectivity index (χ2v) is 17.8. The summed E-state index contributed by atoms with van der Waals surface area (Å²) in [5.41, 5.74) is 13.9. The van der Waals surface area contributed by atoms with Gasteiger partial charge in [0.05, 0.1) is 22.5 Å². The summed E-state index contributed by atoms with van der Waals surface area (Å²) in [4.78, 5) is 2.45. The monoisotopic (exact) mass is 848 g/mol. The number of aromatic nitrogens is 1. The van der Waals surface area contributed by atoms with E-state index in [0.29, 0.717) is 0 Å². The first-order valence-electron chi connectivity index (χ1n) is 22.8. The largest absolute Gasteiger partial charge is 0.457 e. The maximum absolute atomic E-state index is 6.56. The van der Waals surface area contributed by atoms with Gasteiger partial charge in [-0.2, -0.15) is 0 Å². The van der Waals surface area contributed by atoms with Crippen molar-refractivity contribution in [1.29, 1.82) is 0 Å². The third-order valence-electron chi connectivity index (χ3n) is 14.3. The third-order valence-corrected chi connectivity index (χ3v) is 14.3. The average molecular weight is 849 g/mol. The molecular formula is C62H44N2O2. The number of ether oxygens (including phenoxy) is 2. The Balaban J connectivity index is 0.802. The summed E-state index contributed by atoms with van der Waals surface area (Å²) in [5.74, 6) is 3.15. The predicted octanol–water partition coefficient (Wildman–Crippen LogP) is 15.6. The van der Waals surface area contributed by atoms with Gasteiger partial charge >= 0.3 is 0 Å². The maximum Gasteiger partial charge on any atom is 0.127 e. The Morgan fingerprint density at radius 1 is 0.409 bits per heavy atom. The van der Waals surface area contributed by atoms with Crippen molar-refractivity contribution in [2.45, 2.75) is 23.8 Å². The van der Waals surface area contributed by atoms with E-state index in [9.17, 15) is 0 Å².